The van der Waals surface area contributed by atoms with Crippen LogP contribution in [0.15, 0.2) is 0 Å². The smallest absolute Gasteiger partial charge is 0.407 e. The second-order valence-electron chi connectivity index (χ2n) is 5.46. The maximum atomic E-state index is 11.5. The average Bonchev–Trinajstić information content (AvgIpc) is 2.76. The van der Waals surface area contributed by atoms with E-state index < -0.39 is 5.60 Å². The number of carbonyl (C=O) groups excluding carboxylic acids is 1. The molecule has 2 rings (SSSR count). The molecule has 3 atom stereocenters. The molecule has 1 heterocycles. The molecule has 0 radical (unpaired) electrons. The zero-order chi connectivity index (χ0) is 11.1. The first kappa shape index (κ1) is 10.7. The summed E-state index contributed by atoms with van der Waals surface area (Å²) in [4.78, 5) is 11.5. The Morgan fingerprint density at radius 3 is 2.73 bits per heavy atom. The number of amides is 1. The summed E-state index contributed by atoms with van der Waals surface area (Å²) in [6.07, 6.45) is 2.15. The van der Waals surface area contributed by atoms with Crippen molar-refractivity contribution in [3.05, 3.63) is 0 Å². The van der Waals surface area contributed by atoms with E-state index in [1.807, 2.05) is 20.8 Å². The van der Waals surface area contributed by atoms with Crippen molar-refractivity contribution in [2.24, 2.45) is 5.92 Å². The second kappa shape index (κ2) is 3.67. The summed E-state index contributed by atoms with van der Waals surface area (Å²) in [7, 11) is 0. The van der Waals surface area contributed by atoms with Gasteiger partial charge in [-0.15, -0.1) is 0 Å². The van der Waals surface area contributed by atoms with E-state index in [1.54, 1.807) is 0 Å². The number of piperidine rings is 1. The standard InChI is InChI=1S/C11H20N2O2/c1-11(2,3)15-10(14)13-9-7-5-4-6-12-8(7)9/h7-9,12H,4-6H2,1-3H3,(H,13,14). The van der Waals surface area contributed by atoms with Crippen molar-refractivity contribution in [3.63, 3.8) is 0 Å². The van der Waals surface area contributed by atoms with Crippen LogP contribution in [-0.4, -0.2) is 30.3 Å². The highest BCUT2D eigenvalue weighted by Crippen LogP contribution is 2.38. The fourth-order valence-electron chi connectivity index (χ4n) is 2.26. The lowest BCUT2D eigenvalue weighted by molar-refractivity contribution is 0.0520. The van der Waals surface area contributed by atoms with E-state index in [2.05, 4.69) is 10.6 Å². The highest BCUT2D eigenvalue weighted by molar-refractivity contribution is 5.69. The zero-order valence-corrected chi connectivity index (χ0v) is 9.67. The molecule has 2 fully saturated rings. The van der Waals surface area contributed by atoms with Crippen molar-refractivity contribution in [1.82, 2.24) is 10.6 Å². The van der Waals surface area contributed by atoms with E-state index in [9.17, 15) is 4.79 Å². The van der Waals surface area contributed by atoms with Crippen LogP contribution in [0.3, 0.4) is 0 Å². The molecule has 1 amide bonds. The molecule has 1 aliphatic heterocycles. The predicted octanol–water partition coefficient (Wildman–Crippen LogP) is 1.26. The molecule has 1 aliphatic carbocycles. The highest BCUT2D eigenvalue weighted by Gasteiger charge is 2.52. The van der Waals surface area contributed by atoms with Gasteiger partial charge in [0, 0.05) is 6.04 Å². The number of fused-ring (bicyclic) bond motifs is 1. The summed E-state index contributed by atoms with van der Waals surface area (Å²) >= 11 is 0. The molecular formula is C11H20N2O2. The van der Waals surface area contributed by atoms with E-state index in [1.165, 1.54) is 12.8 Å². The van der Waals surface area contributed by atoms with Crippen LogP contribution in [0.25, 0.3) is 0 Å². The Hall–Kier alpha value is -0.770. The number of hydrogen-bond donors (Lipinski definition) is 2. The SMILES string of the molecule is CC(C)(C)OC(=O)NC1C2CCCNC21. The maximum absolute atomic E-state index is 11.5. The predicted molar refractivity (Wildman–Crippen MR) is 57.7 cm³/mol. The molecule has 2 N–H and O–H groups in total. The van der Waals surface area contributed by atoms with E-state index >= 15 is 0 Å². The van der Waals surface area contributed by atoms with Gasteiger partial charge in [0.2, 0.25) is 0 Å². The lowest BCUT2D eigenvalue weighted by Crippen LogP contribution is -2.36. The summed E-state index contributed by atoms with van der Waals surface area (Å²) in [6, 6.07) is 0.786. The third kappa shape index (κ3) is 2.62. The van der Waals surface area contributed by atoms with Crippen LogP contribution in [0.1, 0.15) is 33.6 Å². The van der Waals surface area contributed by atoms with Crippen LogP contribution in [0, 0.1) is 5.92 Å². The lowest BCUT2D eigenvalue weighted by atomic mass is 10.2. The molecule has 1 saturated carbocycles. The Labute approximate surface area is 90.8 Å². The minimum atomic E-state index is -0.405. The number of rotatable bonds is 1. The highest BCUT2D eigenvalue weighted by atomic mass is 16.6. The molecule has 0 aromatic rings. The summed E-state index contributed by atoms with van der Waals surface area (Å²) in [6.45, 7) is 6.72. The first-order valence-corrected chi connectivity index (χ1v) is 5.70. The van der Waals surface area contributed by atoms with Crippen molar-refractivity contribution in [1.29, 1.82) is 0 Å². The fraction of sp³-hybridized carbons (Fsp3) is 0.909. The molecule has 1 saturated heterocycles. The van der Waals surface area contributed by atoms with Gasteiger partial charge < -0.3 is 15.4 Å². The summed E-state index contributed by atoms with van der Waals surface area (Å²) in [5, 5.41) is 6.33. The van der Waals surface area contributed by atoms with Crippen LogP contribution < -0.4 is 10.6 Å². The van der Waals surface area contributed by atoms with Crippen LogP contribution in [0.5, 0.6) is 0 Å². The Morgan fingerprint density at radius 2 is 2.20 bits per heavy atom. The van der Waals surface area contributed by atoms with E-state index in [4.69, 9.17) is 4.74 Å². The second-order valence-corrected chi connectivity index (χ2v) is 5.46. The van der Waals surface area contributed by atoms with Crippen molar-refractivity contribution in [2.45, 2.75) is 51.3 Å². The largest absolute Gasteiger partial charge is 0.444 e. The quantitative estimate of drug-likeness (QED) is 0.688. The Morgan fingerprint density at radius 1 is 1.47 bits per heavy atom. The maximum Gasteiger partial charge on any atom is 0.407 e. The third-order valence-electron chi connectivity index (χ3n) is 2.95. The molecule has 0 spiro atoms. The normalized spacial score (nSPS) is 34.2. The lowest BCUT2D eigenvalue weighted by Gasteiger charge is -2.19. The molecule has 4 nitrogen and oxygen atoms in total. The van der Waals surface area contributed by atoms with Gasteiger partial charge in [-0.25, -0.2) is 4.79 Å². The van der Waals surface area contributed by atoms with Crippen molar-refractivity contribution < 1.29 is 9.53 Å². The van der Waals surface area contributed by atoms with Gasteiger partial charge in [-0.3, -0.25) is 0 Å². The van der Waals surface area contributed by atoms with Gasteiger partial charge in [0.1, 0.15) is 5.60 Å². The molecule has 0 bridgehead atoms. The average molecular weight is 212 g/mol. The van der Waals surface area contributed by atoms with Crippen LogP contribution in [0.4, 0.5) is 4.79 Å². The first-order chi connectivity index (χ1) is 6.97. The Balaban J connectivity index is 1.76. The van der Waals surface area contributed by atoms with Crippen molar-refractivity contribution >= 4 is 6.09 Å². The minimum absolute atomic E-state index is 0.288. The van der Waals surface area contributed by atoms with Crippen LogP contribution in [-0.2, 0) is 4.74 Å². The van der Waals surface area contributed by atoms with E-state index in [-0.39, 0.29) is 6.09 Å². The number of alkyl carbamates (subject to hydrolysis) is 1. The van der Waals surface area contributed by atoms with Gasteiger partial charge in [-0.1, -0.05) is 0 Å². The van der Waals surface area contributed by atoms with Gasteiger partial charge >= 0.3 is 6.09 Å². The van der Waals surface area contributed by atoms with Crippen molar-refractivity contribution in [2.75, 3.05) is 6.54 Å². The molecule has 15 heavy (non-hydrogen) atoms. The first-order valence-electron chi connectivity index (χ1n) is 5.70. The zero-order valence-electron chi connectivity index (χ0n) is 9.67. The summed E-state index contributed by atoms with van der Waals surface area (Å²) in [5.41, 5.74) is -0.405. The van der Waals surface area contributed by atoms with E-state index in [0.717, 1.165) is 6.54 Å². The molecule has 2 aliphatic rings. The minimum Gasteiger partial charge on any atom is -0.444 e. The van der Waals surface area contributed by atoms with Crippen molar-refractivity contribution in [3.8, 4) is 0 Å². The molecule has 0 aromatic heterocycles. The fourth-order valence-corrected chi connectivity index (χ4v) is 2.26. The van der Waals surface area contributed by atoms with Gasteiger partial charge in [0.15, 0.2) is 0 Å². The number of nitrogens with one attached hydrogen (secondary N) is 2. The number of carbonyl (C=O) groups is 1. The monoisotopic (exact) mass is 212 g/mol. The summed E-state index contributed by atoms with van der Waals surface area (Å²) in [5.74, 6) is 0.631. The molecule has 86 valence electrons. The van der Waals surface area contributed by atoms with E-state index in [0.29, 0.717) is 18.0 Å². The summed E-state index contributed by atoms with van der Waals surface area (Å²) < 4.78 is 5.22. The molecule has 3 unspecified atom stereocenters. The molecule has 0 aromatic carbocycles. The van der Waals surface area contributed by atoms with Gasteiger partial charge in [-0.2, -0.15) is 0 Å². The number of ether oxygens (including phenoxy) is 1. The third-order valence-corrected chi connectivity index (χ3v) is 2.95. The van der Waals surface area contributed by atoms with Crippen LogP contribution in [0.2, 0.25) is 0 Å². The Bertz CT molecular complexity index is 248. The topological polar surface area (TPSA) is 50.4 Å². The number of hydrogen-bond acceptors (Lipinski definition) is 3. The van der Waals surface area contributed by atoms with Gasteiger partial charge in [0.05, 0.1) is 6.04 Å². The Kier molecular flexibility index (Phi) is 2.63. The van der Waals surface area contributed by atoms with Crippen LogP contribution >= 0.6 is 0 Å². The molecular weight excluding hydrogens is 192 g/mol. The molecule has 4 heteroatoms. The van der Waals surface area contributed by atoms with Gasteiger partial charge in [-0.05, 0) is 46.1 Å². The van der Waals surface area contributed by atoms with Gasteiger partial charge in [0.25, 0.3) is 0 Å².